The van der Waals surface area contributed by atoms with Gasteiger partial charge in [0.05, 0.1) is 11.4 Å². The molecule has 0 amide bonds. The van der Waals surface area contributed by atoms with Crippen molar-refractivity contribution in [3.05, 3.63) is 48.5 Å². The van der Waals surface area contributed by atoms with E-state index in [1.807, 2.05) is 48.5 Å². The van der Waals surface area contributed by atoms with Crippen molar-refractivity contribution in [3.63, 3.8) is 0 Å². The van der Waals surface area contributed by atoms with Gasteiger partial charge in [-0.3, -0.25) is 0 Å². The fourth-order valence-electron chi connectivity index (χ4n) is 2.33. The van der Waals surface area contributed by atoms with Crippen molar-refractivity contribution in [2.45, 2.75) is 20.2 Å². The molecule has 2 fully saturated rings. The summed E-state index contributed by atoms with van der Waals surface area (Å²) in [5.41, 5.74) is 1.62. The molecule has 2 aliphatic rings. The largest absolute Gasteiger partial charge is 0.457 e. The average Bonchev–Trinajstić information content (AvgIpc) is 3.21. The topological polar surface area (TPSA) is 34.0 Å². The van der Waals surface area contributed by atoms with Crippen molar-refractivity contribution in [3.8, 4) is 11.5 Å². The minimum atomic E-state index is -0.268. The predicted octanol–water partition coefficient (Wildman–Crippen LogP) is 8.67. The van der Waals surface area contributed by atoms with Crippen molar-refractivity contribution in [2.75, 3.05) is 0 Å². The molecule has 2 aromatic carbocycles. The summed E-state index contributed by atoms with van der Waals surface area (Å²) in [7, 11) is 6.07. The van der Waals surface area contributed by atoms with Crippen LogP contribution in [0.25, 0.3) is 0 Å². The molecule has 4 atom stereocenters. The maximum Gasteiger partial charge on any atom is 0.127 e. The first-order valence-electron chi connectivity index (χ1n) is 8.28. The van der Waals surface area contributed by atoms with Crippen LogP contribution in [0, 0.1) is 0 Å². The first-order valence-corrected chi connectivity index (χ1v) is 14.4. The molecular formula is C18H12Cl4N2OS4. The maximum atomic E-state index is 6.24. The first-order chi connectivity index (χ1) is 14.0. The molecule has 0 N–H and O–H groups in total. The zero-order valence-electron chi connectivity index (χ0n) is 14.4. The number of nitrogens with zero attached hydrogens (tertiary/aromatic N) is 2. The third-order valence-electron chi connectivity index (χ3n) is 3.77. The molecule has 0 radical (unpaired) electrons. The van der Waals surface area contributed by atoms with Crippen LogP contribution in [-0.2, 0) is 0 Å². The van der Waals surface area contributed by atoms with Gasteiger partial charge < -0.3 is 4.74 Å². The van der Waals surface area contributed by atoms with Gasteiger partial charge in [0.2, 0.25) is 0 Å². The predicted molar refractivity (Wildman–Crippen MR) is 136 cm³/mol. The number of ether oxygens (including phenoxy) is 1. The van der Waals surface area contributed by atoms with Crippen molar-refractivity contribution < 1.29 is 4.74 Å². The highest BCUT2D eigenvalue weighted by Crippen LogP contribution is 2.46. The summed E-state index contributed by atoms with van der Waals surface area (Å²) in [6.45, 7) is 0. The fraction of sp³-hybridized carbons (Fsp3) is 0.222. The summed E-state index contributed by atoms with van der Waals surface area (Å²) < 4.78 is 5.58. The Morgan fingerprint density at radius 1 is 0.621 bits per heavy atom. The molecule has 4 unspecified atom stereocenters. The molecule has 2 heterocycles. The second kappa shape index (κ2) is 10.2. The molecule has 0 saturated carbocycles. The number of hydrogen-bond donors (Lipinski definition) is 0. The molecule has 3 nitrogen and oxygen atoms in total. The lowest BCUT2D eigenvalue weighted by Gasteiger charge is -2.07. The number of aliphatic imine (C=N–C) groups is 2. The minimum Gasteiger partial charge on any atom is -0.457 e. The lowest BCUT2D eigenvalue weighted by molar-refractivity contribution is 0.483. The lowest BCUT2D eigenvalue weighted by atomic mass is 10.3. The highest BCUT2D eigenvalue weighted by molar-refractivity contribution is 8.84. The van der Waals surface area contributed by atoms with Crippen LogP contribution in [0.4, 0.5) is 11.4 Å². The monoisotopic (exact) mass is 540 g/mol. The molecule has 2 aliphatic heterocycles. The van der Waals surface area contributed by atoms with Gasteiger partial charge >= 0.3 is 0 Å². The van der Waals surface area contributed by atoms with Crippen molar-refractivity contribution in [1.29, 1.82) is 0 Å². The van der Waals surface area contributed by atoms with E-state index in [2.05, 4.69) is 9.98 Å². The second-order valence-corrected chi connectivity index (χ2v) is 13.0. The summed E-state index contributed by atoms with van der Waals surface area (Å²) in [5.74, 6) is 1.43. The van der Waals surface area contributed by atoms with Gasteiger partial charge in [0.15, 0.2) is 0 Å². The van der Waals surface area contributed by atoms with Crippen molar-refractivity contribution in [2.24, 2.45) is 9.98 Å². The highest BCUT2D eigenvalue weighted by Gasteiger charge is 2.32. The fourth-order valence-corrected chi connectivity index (χ4v) is 9.13. The van der Waals surface area contributed by atoms with E-state index in [9.17, 15) is 0 Å². The average molecular weight is 542 g/mol. The molecule has 0 bridgehead atoms. The van der Waals surface area contributed by atoms with Crippen LogP contribution in [0.3, 0.4) is 0 Å². The van der Waals surface area contributed by atoms with E-state index >= 15 is 0 Å². The van der Waals surface area contributed by atoms with Crippen molar-refractivity contribution >= 4 is 111 Å². The van der Waals surface area contributed by atoms with Gasteiger partial charge in [0, 0.05) is 0 Å². The van der Waals surface area contributed by atoms with E-state index < -0.39 is 0 Å². The molecule has 0 spiro atoms. The summed E-state index contributed by atoms with van der Waals surface area (Å²) >= 11 is 24.7. The Balaban J connectivity index is 1.39. The first kappa shape index (κ1) is 22.3. The highest BCUT2D eigenvalue weighted by atomic mass is 35.5. The van der Waals surface area contributed by atoms with Gasteiger partial charge in [-0.1, -0.05) is 21.6 Å². The van der Waals surface area contributed by atoms with E-state index in [0.717, 1.165) is 21.5 Å². The van der Waals surface area contributed by atoms with E-state index in [0.29, 0.717) is 11.5 Å². The standard InChI is InChI=1S/C18H12Cl4N2OS4/c19-13-15(21)26-28-17(13)23-9-1-5-11(6-2-9)25-12-7-3-10(4-8-12)24-18-14(20)16(22)27-29-18/h1-8,13-16H. The molecule has 29 heavy (non-hydrogen) atoms. The molecule has 0 aliphatic carbocycles. The quantitative estimate of drug-likeness (QED) is 0.285. The third kappa shape index (κ3) is 5.69. The Bertz CT molecular complexity index is 851. The SMILES string of the molecule is ClC1SSC(=Nc2ccc(Oc3ccc(N=C4SSC(Cl)C4Cl)cc3)cc2)C1Cl. The maximum absolute atomic E-state index is 6.24. The zero-order chi connectivity index (χ0) is 20.4. The molecule has 2 saturated heterocycles. The Labute approximate surface area is 204 Å². The van der Waals surface area contributed by atoms with Gasteiger partial charge in [-0.15, -0.1) is 46.4 Å². The van der Waals surface area contributed by atoms with Crippen molar-refractivity contribution in [1.82, 2.24) is 0 Å². The van der Waals surface area contributed by atoms with Crippen LogP contribution in [0.1, 0.15) is 0 Å². The van der Waals surface area contributed by atoms with Crippen LogP contribution in [0.2, 0.25) is 0 Å². The van der Waals surface area contributed by atoms with Crippen LogP contribution >= 0.6 is 89.6 Å². The summed E-state index contributed by atoms with van der Waals surface area (Å²) in [4.78, 5) is 9.12. The second-order valence-electron chi connectivity index (χ2n) is 5.85. The van der Waals surface area contributed by atoms with Crippen LogP contribution < -0.4 is 4.74 Å². The van der Waals surface area contributed by atoms with E-state index in [1.165, 1.54) is 43.2 Å². The summed E-state index contributed by atoms with van der Waals surface area (Å²) in [6.07, 6.45) is 0. The molecular weight excluding hydrogens is 530 g/mol. The number of alkyl halides is 4. The Morgan fingerprint density at radius 2 is 1.00 bits per heavy atom. The Hall–Kier alpha value is 0.140. The molecule has 4 rings (SSSR count). The normalized spacial score (nSPS) is 29.7. The number of rotatable bonds is 4. The molecule has 2 aromatic rings. The lowest BCUT2D eigenvalue weighted by Crippen LogP contribution is -2.11. The Morgan fingerprint density at radius 3 is 1.31 bits per heavy atom. The summed E-state index contributed by atoms with van der Waals surface area (Å²) in [6, 6.07) is 15.0. The van der Waals surface area contributed by atoms with Gasteiger partial charge in [0.25, 0.3) is 0 Å². The van der Waals surface area contributed by atoms with Gasteiger partial charge in [-0.05, 0) is 70.1 Å². The summed E-state index contributed by atoms with van der Waals surface area (Å²) in [5, 5.41) is 1.10. The molecule has 152 valence electrons. The van der Waals surface area contributed by atoms with E-state index in [1.54, 1.807) is 0 Å². The van der Waals surface area contributed by atoms with Crippen LogP contribution in [-0.4, -0.2) is 30.3 Å². The Kier molecular flexibility index (Phi) is 7.84. The van der Waals surface area contributed by atoms with Crippen LogP contribution in [0.15, 0.2) is 58.5 Å². The van der Waals surface area contributed by atoms with Crippen LogP contribution in [0.5, 0.6) is 11.5 Å². The van der Waals surface area contributed by atoms with Gasteiger partial charge in [0.1, 0.15) is 41.8 Å². The minimum absolute atomic E-state index is 0.158. The number of halogens is 4. The van der Waals surface area contributed by atoms with Gasteiger partial charge in [-0.25, -0.2) is 9.98 Å². The number of hydrogen-bond acceptors (Lipinski definition) is 7. The molecule has 11 heteroatoms. The smallest absolute Gasteiger partial charge is 0.127 e. The zero-order valence-corrected chi connectivity index (χ0v) is 20.7. The van der Waals surface area contributed by atoms with E-state index in [4.69, 9.17) is 51.1 Å². The molecule has 0 aromatic heterocycles. The van der Waals surface area contributed by atoms with Gasteiger partial charge in [-0.2, -0.15) is 0 Å². The third-order valence-corrected chi connectivity index (χ3v) is 12.2. The number of benzene rings is 2. The van der Waals surface area contributed by atoms with E-state index in [-0.39, 0.29) is 20.2 Å².